The quantitative estimate of drug-likeness (QED) is 0.454. The van der Waals surface area contributed by atoms with Crippen LogP contribution >= 0.6 is 0 Å². The Bertz CT molecular complexity index is 738. The summed E-state index contributed by atoms with van der Waals surface area (Å²) in [5.41, 5.74) is 2.34. The third-order valence-electron chi connectivity index (χ3n) is 3.61. The predicted molar refractivity (Wildman–Crippen MR) is 94.4 cm³/mol. The number of amides is 1. The van der Waals surface area contributed by atoms with Crippen LogP contribution < -0.4 is 9.88 Å². The maximum atomic E-state index is 11.8. The molecule has 0 radical (unpaired) electrons. The van der Waals surface area contributed by atoms with E-state index in [-0.39, 0.29) is 6.61 Å². The van der Waals surface area contributed by atoms with Crippen molar-refractivity contribution < 1.29 is 18.9 Å². The van der Waals surface area contributed by atoms with Gasteiger partial charge in [-0.1, -0.05) is 13.3 Å². The van der Waals surface area contributed by atoms with Gasteiger partial charge in [0, 0.05) is 17.3 Å². The number of aromatic nitrogens is 1. The number of hydrogen-bond donors (Lipinski definition) is 1. The molecule has 0 saturated carbocycles. The normalized spacial score (nSPS) is 9.96. The molecule has 0 fully saturated rings. The summed E-state index contributed by atoms with van der Waals surface area (Å²) in [6.07, 6.45) is 8.38. The molecule has 1 heterocycles. The molecule has 0 spiro atoms. The molecule has 0 saturated heterocycles. The van der Waals surface area contributed by atoms with Crippen LogP contribution in [0.25, 0.3) is 0 Å². The number of aliphatic imine (C=N–C) groups is 1. The summed E-state index contributed by atoms with van der Waals surface area (Å²) in [7, 11) is 0. The number of benzene rings is 1. The Morgan fingerprint density at radius 2 is 2.08 bits per heavy atom. The molecule has 0 unspecified atom stereocenters. The van der Waals surface area contributed by atoms with Gasteiger partial charge in [-0.15, -0.1) is 0 Å². The van der Waals surface area contributed by atoms with Crippen molar-refractivity contribution in [3.8, 4) is 0 Å². The van der Waals surface area contributed by atoms with E-state index in [2.05, 4.69) is 29.5 Å². The lowest BCUT2D eigenvalue weighted by Gasteiger charge is -2.06. The molecule has 0 atom stereocenters. The van der Waals surface area contributed by atoms with Crippen molar-refractivity contribution in [3.63, 3.8) is 0 Å². The number of nitrogens with zero attached hydrogens (tertiary/aromatic N) is 2. The Morgan fingerprint density at radius 1 is 1.28 bits per heavy atom. The standard InChI is InChI=1S/C19H21N3O3/c1-2-3-5-16-6-4-11-22(14-16)12-13-25-19(24)21-18-9-7-17(8-10-18)20-15-23/h4,6-11,14H,2-3,5,12-13H2,1H3/p+1. The molecule has 0 aliphatic carbocycles. The van der Waals surface area contributed by atoms with Crippen molar-refractivity contribution in [2.45, 2.75) is 32.7 Å². The molecule has 2 aromatic rings. The zero-order chi connectivity index (χ0) is 17.9. The minimum Gasteiger partial charge on any atom is -0.443 e. The molecule has 0 aliphatic rings. The number of pyridine rings is 1. The van der Waals surface area contributed by atoms with Crippen molar-refractivity contribution >= 4 is 23.5 Å². The van der Waals surface area contributed by atoms with Crippen LogP contribution in [0.15, 0.2) is 53.8 Å². The summed E-state index contributed by atoms with van der Waals surface area (Å²) < 4.78 is 7.21. The zero-order valence-corrected chi connectivity index (χ0v) is 14.3. The highest BCUT2D eigenvalue weighted by Gasteiger charge is 2.07. The number of rotatable bonds is 8. The molecule has 1 aromatic carbocycles. The van der Waals surface area contributed by atoms with Crippen LogP contribution in [0, 0.1) is 0 Å². The molecule has 2 rings (SSSR count). The van der Waals surface area contributed by atoms with Crippen LogP contribution in [0.2, 0.25) is 0 Å². The van der Waals surface area contributed by atoms with Crippen LogP contribution in [0.5, 0.6) is 0 Å². The van der Waals surface area contributed by atoms with Crippen molar-refractivity contribution in [1.82, 2.24) is 0 Å². The topological polar surface area (TPSA) is 71.6 Å². The number of hydrogen-bond acceptors (Lipinski definition) is 4. The van der Waals surface area contributed by atoms with E-state index in [1.54, 1.807) is 24.3 Å². The summed E-state index contributed by atoms with van der Waals surface area (Å²) in [4.78, 5) is 25.4. The monoisotopic (exact) mass is 340 g/mol. The van der Waals surface area contributed by atoms with Gasteiger partial charge in [0.15, 0.2) is 25.5 Å². The van der Waals surface area contributed by atoms with E-state index in [1.807, 2.05) is 16.8 Å². The van der Waals surface area contributed by atoms with Crippen molar-refractivity contribution in [3.05, 3.63) is 54.4 Å². The van der Waals surface area contributed by atoms with Crippen LogP contribution in [-0.2, 0) is 22.5 Å². The third-order valence-corrected chi connectivity index (χ3v) is 3.61. The summed E-state index contributed by atoms with van der Waals surface area (Å²) in [6.45, 7) is 3.05. The van der Waals surface area contributed by atoms with Gasteiger partial charge in [-0.2, -0.15) is 4.99 Å². The lowest BCUT2D eigenvalue weighted by Crippen LogP contribution is -2.36. The lowest BCUT2D eigenvalue weighted by molar-refractivity contribution is -0.698. The molecule has 6 nitrogen and oxygen atoms in total. The molecule has 25 heavy (non-hydrogen) atoms. The number of ether oxygens (including phenoxy) is 1. The number of nitrogens with one attached hydrogen (secondary N) is 1. The van der Waals surface area contributed by atoms with Crippen molar-refractivity contribution in [1.29, 1.82) is 0 Å². The average molecular weight is 340 g/mol. The fourth-order valence-electron chi connectivity index (χ4n) is 2.31. The number of unbranched alkanes of at least 4 members (excludes halogenated alkanes) is 1. The predicted octanol–water partition coefficient (Wildman–Crippen LogP) is 3.53. The van der Waals surface area contributed by atoms with E-state index in [1.165, 1.54) is 24.5 Å². The fraction of sp³-hybridized carbons (Fsp3) is 0.316. The van der Waals surface area contributed by atoms with Crippen molar-refractivity contribution in [2.24, 2.45) is 4.99 Å². The van der Waals surface area contributed by atoms with Gasteiger partial charge in [0.2, 0.25) is 6.08 Å². The summed E-state index contributed by atoms with van der Waals surface area (Å²) in [6, 6.07) is 10.6. The van der Waals surface area contributed by atoms with Gasteiger partial charge >= 0.3 is 6.09 Å². The molecule has 6 heteroatoms. The third kappa shape index (κ3) is 6.57. The zero-order valence-electron chi connectivity index (χ0n) is 14.3. The minimum absolute atomic E-state index is 0.279. The molecule has 1 aromatic heterocycles. The first-order valence-electron chi connectivity index (χ1n) is 8.31. The first kappa shape index (κ1) is 18.4. The van der Waals surface area contributed by atoms with Crippen LogP contribution in [0.4, 0.5) is 16.2 Å². The van der Waals surface area contributed by atoms with E-state index < -0.39 is 6.09 Å². The molecular weight excluding hydrogens is 318 g/mol. The fourth-order valence-corrected chi connectivity index (χ4v) is 2.31. The lowest BCUT2D eigenvalue weighted by atomic mass is 10.1. The first-order valence-corrected chi connectivity index (χ1v) is 8.31. The summed E-state index contributed by atoms with van der Waals surface area (Å²) in [5.74, 6) is 0. The number of carbonyl (C=O) groups excluding carboxylic acids is 2. The highest BCUT2D eigenvalue weighted by atomic mass is 16.5. The Balaban J connectivity index is 1.77. The smallest absolute Gasteiger partial charge is 0.411 e. The van der Waals surface area contributed by atoms with Crippen LogP contribution in [-0.4, -0.2) is 18.8 Å². The summed E-state index contributed by atoms with van der Waals surface area (Å²) in [5, 5.41) is 2.63. The Kier molecular flexibility index (Phi) is 7.35. The maximum absolute atomic E-state index is 11.8. The van der Waals surface area contributed by atoms with Gasteiger partial charge in [-0.25, -0.2) is 14.2 Å². The number of isocyanates is 1. The Hall–Kier alpha value is -2.98. The highest BCUT2D eigenvalue weighted by molar-refractivity contribution is 5.84. The average Bonchev–Trinajstić information content (AvgIpc) is 2.62. The van der Waals surface area contributed by atoms with Gasteiger partial charge in [-0.3, -0.25) is 5.32 Å². The van der Waals surface area contributed by atoms with Gasteiger partial charge in [0.05, 0.1) is 5.69 Å². The second-order valence-electron chi connectivity index (χ2n) is 5.56. The van der Waals surface area contributed by atoms with Gasteiger partial charge in [0.1, 0.15) is 0 Å². The second-order valence-corrected chi connectivity index (χ2v) is 5.56. The summed E-state index contributed by atoms with van der Waals surface area (Å²) >= 11 is 0. The van der Waals surface area contributed by atoms with Gasteiger partial charge in [-0.05, 0) is 43.2 Å². The number of carbonyl (C=O) groups is 1. The minimum atomic E-state index is -0.519. The Morgan fingerprint density at radius 3 is 2.80 bits per heavy atom. The van der Waals surface area contributed by atoms with Crippen LogP contribution in [0.3, 0.4) is 0 Å². The molecule has 0 bridgehead atoms. The van der Waals surface area contributed by atoms with E-state index in [9.17, 15) is 9.59 Å². The molecule has 1 N–H and O–H groups in total. The first-order chi connectivity index (χ1) is 12.2. The largest absolute Gasteiger partial charge is 0.443 e. The van der Waals surface area contributed by atoms with E-state index in [4.69, 9.17) is 4.74 Å². The highest BCUT2D eigenvalue weighted by Crippen LogP contribution is 2.15. The SMILES string of the molecule is CCCCc1ccc[n+](CCOC(=O)Nc2ccc(N=C=O)cc2)c1. The number of aryl methyl sites for hydroxylation is 1. The number of anilines is 1. The maximum Gasteiger partial charge on any atom is 0.411 e. The molecule has 0 aliphatic heterocycles. The van der Waals surface area contributed by atoms with E-state index in [0.29, 0.717) is 17.9 Å². The van der Waals surface area contributed by atoms with E-state index in [0.717, 1.165) is 6.42 Å². The molecule has 130 valence electrons. The molecule has 1 amide bonds. The second kappa shape index (κ2) is 10.0. The van der Waals surface area contributed by atoms with E-state index >= 15 is 0 Å². The molecular formula is C19H22N3O3+. The van der Waals surface area contributed by atoms with Crippen LogP contribution in [0.1, 0.15) is 25.3 Å². The van der Waals surface area contributed by atoms with Crippen molar-refractivity contribution in [2.75, 3.05) is 11.9 Å². The Labute approximate surface area is 147 Å². The van der Waals surface area contributed by atoms with Gasteiger partial charge in [0.25, 0.3) is 0 Å². The van der Waals surface area contributed by atoms with Gasteiger partial charge < -0.3 is 4.74 Å².